The second-order valence-electron chi connectivity index (χ2n) is 14.4. The summed E-state index contributed by atoms with van der Waals surface area (Å²) in [6.45, 7) is 29.1. The average molecular weight is 468 g/mol. The number of ketones is 1. The first kappa shape index (κ1) is 29.2. The van der Waals surface area contributed by atoms with Crippen molar-refractivity contribution in [2.75, 3.05) is 0 Å². The van der Waals surface area contributed by atoms with Gasteiger partial charge in [-0.05, 0) is 37.5 Å². The SMILES string of the molecule is CC(C)(CC(C)(C)C(C)(C)C)SC1CC(=O)N(C(C)(C)CC(C)(C)C(=O)C(C)(C)C)C1=O. The third-order valence-electron chi connectivity index (χ3n) is 7.24. The van der Waals surface area contributed by atoms with Crippen LogP contribution in [0.25, 0.3) is 0 Å². The number of thioether (sulfide) groups is 1. The molecular formula is C27H49NO3S. The lowest BCUT2D eigenvalue weighted by Crippen LogP contribution is -2.52. The first-order chi connectivity index (χ1) is 13.8. The van der Waals surface area contributed by atoms with Crippen LogP contribution in [-0.2, 0) is 14.4 Å². The molecule has 0 radical (unpaired) electrons. The van der Waals surface area contributed by atoms with E-state index in [0.29, 0.717) is 6.42 Å². The molecule has 0 aromatic heterocycles. The van der Waals surface area contributed by atoms with E-state index < -0.39 is 16.4 Å². The van der Waals surface area contributed by atoms with Crippen molar-refractivity contribution < 1.29 is 14.4 Å². The van der Waals surface area contributed by atoms with E-state index in [9.17, 15) is 14.4 Å². The zero-order valence-electron chi connectivity index (χ0n) is 23.3. The molecule has 1 unspecified atom stereocenters. The third kappa shape index (κ3) is 6.61. The Balaban J connectivity index is 3.06. The Kier molecular flexibility index (Phi) is 7.98. The van der Waals surface area contributed by atoms with E-state index in [0.717, 1.165) is 6.42 Å². The predicted octanol–water partition coefficient (Wildman–Crippen LogP) is 6.90. The Hall–Kier alpha value is -0.840. The Morgan fingerprint density at radius 2 is 1.31 bits per heavy atom. The normalized spacial score (nSPS) is 19.7. The molecular weight excluding hydrogens is 418 g/mol. The summed E-state index contributed by atoms with van der Waals surface area (Å²) in [6, 6.07) is 0. The molecule has 186 valence electrons. The minimum atomic E-state index is -0.720. The number of hydrogen-bond acceptors (Lipinski definition) is 4. The Labute approximate surface area is 202 Å². The smallest absolute Gasteiger partial charge is 0.243 e. The van der Waals surface area contributed by atoms with Gasteiger partial charge in [0, 0.05) is 27.5 Å². The van der Waals surface area contributed by atoms with Crippen molar-refractivity contribution in [2.24, 2.45) is 21.7 Å². The first-order valence-corrected chi connectivity index (χ1v) is 12.8. The van der Waals surface area contributed by atoms with Crippen LogP contribution in [0.5, 0.6) is 0 Å². The van der Waals surface area contributed by atoms with Gasteiger partial charge in [-0.3, -0.25) is 19.3 Å². The summed E-state index contributed by atoms with van der Waals surface area (Å²) in [6.07, 6.45) is 1.63. The molecule has 0 aromatic rings. The molecule has 5 heteroatoms. The minimum Gasteiger partial charge on any atom is -0.299 e. The van der Waals surface area contributed by atoms with Crippen LogP contribution in [0.4, 0.5) is 0 Å². The average Bonchev–Trinajstić information content (AvgIpc) is 2.75. The van der Waals surface area contributed by atoms with Crippen LogP contribution in [0.3, 0.4) is 0 Å². The van der Waals surface area contributed by atoms with E-state index in [1.54, 1.807) is 11.8 Å². The monoisotopic (exact) mass is 467 g/mol. The number of carbonyl (C=O) groups is 3. The number of Topliss-reactive ketones (excluding diaryl/α,β-unsaturated/α-hetero) is 1. The molecule has 1 saturated heterocycles. The molecule has 1 aliphatic rings. The molecule has 0 saturated carbocycles. The van der Waals surface area contributed by atoms with E-state index in [1.165, 1.54) is 4.90 Å². The molecule has 2 amide bonds. The molecule has 0 bridgehead atoms. The molecule has 32 heavy (non-hydrogen) atoms. The van der Waals surface area contributed by atoms with E-state index in [-0.39, 0.29) is 44.8 Å². The third-order valence-corrected chi connectivity index (χ3v) is 8.68. The maximum atomic E-state index is 13.5. The van der Waals surface area contributed by atoms with Crippen molar-refractivity contribution >= 4 is 29.4 Å². The van der Waals surface area contributed by atoms with Gasteiger partial charge >= 0.3 is 0 Å². The molecule has 1 fully saturated rings. The van der Waals surface area contributed by atoms with Gasteiger partial charge in [0.25, 0.3) is 0 Å². The number of hydrogen-bond donors (Lipinski definition) is 0. The van der Waals surface area contributed by atoms with Crippen molar-refractivity contribution in [1.82, 2.24) is 4.90 Å². The summed E-state index contributed by atoms with van der Waals surface area (Å²) in [4.78, 5) is 41.0. The summed E-state index contributed by atoms with van der Waals surface area (Å²) in [7, 11) is 0. The van der Waals surface area contributed by atoms with Crippen LogP contribution in [0.15, 0.2) is 0 Å². The summed E-state index contributed by atoms with van der Waals surface area (Å²) < 4.78 is -0.140. The lowest BCUT2D eigenvalue weighted by molar-refractivity contribution is -0.148. The van der Waals surface area contributed by atoms with Crippen LogP contribution in [0.1, 0.15) is 116 Å². The number of imide groups is 1. The van der Waals surface area contributed by atoms with Gasteiger partial charge in [-0.15, -0.1) is 11.8 Å². The van der Waals surface area contributed by atoms with E-state index >= 15 is 0 Å². The highest BCUT2D eigenvalue weighted by Crippen LogP contribution is 2.49. The minimum absolute atomic E-state index is 0.0888. The number of likely N-dealkylation sites (tertiary alicyclic amines) is 1. The van der Waals surface area contributed by atoms with Gasteiger partial charge in [0.2, 0.25) is 11.8 Å². The standard InChI is InChI=1S/C27H49NO3S/c1-22(2,3)21(31)24(7,8)16-26(11,12)28-19(29)15-18(20(28)30)32-27(13,14)17-25(9,10)23(4,5)6/h18H,15-17H2,1-14H3. The zero-order valence-corrected chi connectivity index (χ0v) is 24.1. The molecule has 0 aliphatic carbocycles. The zero-order chi connectivity index (χ0) is 25.7. The number of nitrogens with zero attached hydrogens (tertiary/aromatic N) is 1. The molecule has 1 atom stereocenters. The lowest BCUT2D eigenvalue weighted by atomic mass is 9.65. The fourth-order valence-electron chi connectivity index (χ4n) is 5.34. The quantitative estimate of drug-likeness (QED) is 0.364. The van der Waals surface area contributed by atoms with Crippen molar-refractivity contribution in [2.45, 2.75) is 132 Å². The summed E-state index contributed by atoms with van der Waals surface area (Å²) in [5.41, 5.74) is -1.60. The van der Waals surface area contributed by atoms with E-state index in [2.05, 4.69) is 48.5 Å². The summed E-state index contributed by atoms with van der Waals surface area (Å²) >= 11 is 1.63. The molecule has 1 heterocycles. The van der Waals surface area contributed by atoms with Crippen LogP contribution in [-0.4, -0.2) is 38.0 Å². The van der Waals surface area contributed by atoms with Crippen LogP contribution < -0.4 is 0 Å². The highest BCUT2D eigenvalue weighted by atomic mass is 32.2. The van der Waals surface area contributed by atoms with Gasteiger partial charge in [-0.1, -0.05) is 83.1 Å². The largest absolute Gasteiger partial charge is 0.299 e. The topological polar surface area (TPSA) is 54.5 Å². The molecule has 0 aromatic carbocycles. The molecule has 1 aliphatic heterocycles. The Morgan fingerprint density at radius 1 is 0.844 bits per heavy atom. The van der Waals surface area contributed by atoms with Gasteiger partial charge in [0.15, 0.2) is 0 Å². The summed E-state index contributed by atoms with van der Waals surface area (Å²) in [5, 5.41) is -0.367. The van der Waals surface area contributed by atoms with Crippen molar-refractivity contribution in [3.8, 4) is 0 Å². The fourth-order valence-corrected chi connectivity index (χ4v) is 6.99. The van der Waals surface area contributed by atoms with Gasteiger partial charge < -0.3 is 0 Å². The van der Waals surface area contributed by atoms with Crippen molar-refractivity contribution in [3.05, 3.63) is 0 Å². The highest BCUT2D eigenvalue weighted by Gasteiger charge is 2.51. The Bertz CT molecular complexity index is 748. The Morgan fingerprint density at radius 3 is 1.72 bits per heavy atom. The highest BCUT2D eigenvalue weighted by molar-refractivity contribution is 8.02. The first-order valence-electron chi connectivity index (χ1n) is 11.9. The van der Waals surface area contributed by atoms with Crippen LogP contribution >= 0.6 is 11.8 Å². The van der Waals surface area contributed by atoms with E-state index in [1.807, 2.05) is 48.5 Å². The number of carbonyl (C=O) groups excluding carboxylic acids is 3. The number of rotatable bonds is 8. The van der Waals surface area contributed by atoms with Gasteiger partial charge in [-0.25, -0.2) is 0 Å². The van der Waals surface area contributed by atoms with Gasteiger partial charge in [-0.2, -0.15) is 0 Å². The lowest BCUT2D eigenvalue weighted by Gasteiger charge is -2.44. The maximum Gasteiger partial charge on any atom is 0.243 e. The van der Waals surface area contributed by atoms with Crippen LogP contribution in [0.2, 0.25) is 0 Å². The summed E-state index contributed by atoms with van der Waals surface area (Å²) in [5.74, 6) is -0.0818. The molecule has 1 rings (SSSR count). The molecule has 0 N–H and O–H groups in total. The molecule has 0 spiro atoms. The molecule has 4 nitrogen and oxygen atoms in total. The van der Waals surface area contributed by atoms with Crippen LogP contribution in [0, 0.1) is 21.7 Å². The van der Waals surface area contributed by atoms with Crippen molar-refractivity contribution in [3.63, 3.8) is 0 Å². The van der Waals surface area contributed by atoms with Crippen molar-refractivity contribution in [1.29, 1.82) is 0 Å². The maximum absolute atomic E-state index is 13.5. The van der Waals surface area contributed by atoms with Gasteiger partial charge in [0.1, 0.15) is 5.78 Å². The second-order valence-corrected chi connectivity index (χ2v) is 16.3. The number of amides is 2. The van der Waals surface area contributed by atoms with E-state index in [4.69, 9.17) is 0 Å². The predicted molar refractivity (Wildman–Crippen MR) is 137 cm³/mol. The second kappa shape index (κ2) is 8.74. The van der Waals surface area contributed by atoms with Gasteiger partial charge in [0.05, 0.1) is 5.25 Å². The fraction of sp³-hybridized carbons (Fsp3) is 0.889.